The lowest BCUT2D eigenvalue weighted by Crippen LogP contribution is -2.69. The molecule has 0 spiro atoms. The predicted octanol–water partition coefficient (Wildman–Crippen LogP) is 3.30. The van der Waals surface area contributed by atoms with Gasteiger partial charge in [-0.05, 0) is 45.9 Å². The van der Waals surface area contributed by atoms with Gasteiger partial charge in [-0.25, -0.2) is 0 Å². The molecule has 0 aliphatic carbocycles. The topological polar surface area (TPSA) is 56.2 Å². The third-order valence-corrected chi connectivity index (χ3v) is 4.85. The van der Waals surface area contributed by atoms with Gasteiger partial charge in [0.2, 0.25) is 0 Å². The van der Waals surface area contributed by atoms with Crippen LogP contribution in [0.4, 0.5) is 0 Å². The van der Waals surface area contributed by atoms with Crippen LogP contribution in [0.1, 0.15) is 27.7 Å². The maximum absolute atomic E-state index is 10.4. The van der Waals surface area contributed by atoms with Crippen LogP contribution < -0.4 is 4.74 Å². The van der Waals surface area contributed by atoms with Crippen LogP contribution in [0.3, 0.4) is 0 Å². The van der Waals surface area contributed by atoms with E-state index in [0.29, 0.717) is 35.4 Å². The number of ether oxygens (including phenoxy) is 1. The summed E-state index contributed by atoms with van der Waals surface area (Å²) in [6.07, 6.45) is -0.680. The zero-order chi connectivity index (χ0) is 18.1. The molecule has 1 heterocycles. The van der Waals surface area contributed by atoms with Crippen LogP contribution in [-0.2, 0) is 0 Å². The minimum atomic E-state index is -0.680. The van der Waals surface area contributed by atoms with Gasteiger partial charge in [0.05, 0.1) is 5.02 Å². The fourth-order valence-electron chi connectivity index (χ4n) is 3.48. The first kappa shape index (κ1) is 19.8. The molecule has 136 valence electrons. The van der Waals surface area contributed by atoms with Gasteiger partial charge in [-0.3, -0.25) is 4.90 Å². The highest BCUT2D eigenvalue weighted by Crippen LogP contribution is 2.32. The van der Waals surface area contributed by atoms with Crippen molar-refractivity contribution in [2.75, 3.05) is 26.2 Å². The molecule has 1 aromatic rings. The van der Waals surface area contributed by atoms with E-state index in [4.69, 9.17) is 27.9 Å². The fraction of sp³-hybridized carbons (Fsp3) is 0.647. The molecule has 0 bridgehead atoms. The van der Waals surface area contributed by atoms with Crippen molar-refractivity contribution >= 4 is 23.2 Å². The number of nitrogens with zero attached hydrogens (tertiary/aromatic N) is 2. The maximum Gasteiger partial charge on any atom is 0.138 e. The molecule has 0 saturated carbocycles. The van der Waals surface area contributed by atoms with Crippen LogP contribution in [-0.4, -0.2) is 63.7 Å². The van der Waals surface area contributed by atoms with Crippen molar-refractivity contribution in [3.05, 3.63) is 28.2 Å². The van der Waals surface area contributed by atoms with Crippen LogP contribution in [0, 0.1) is 0 Å². The van der Waals surface area contributed by atoms with Crippen molar-refractivity contribution in [2.24, 2.45) is 0 Å². The second-order valence-corrected chi connectivity index (χ2v) is 8.44. The second-order valence-electron chi connectivity index (χ2n) is 7.60. The van der Waals surface area contributed by atoms with Gasteiger partial charge in [-0.15, -0.1) is 0 Å². The number of benzene rings is 1. The molecule has 1 unspecified atom stereocenters. The quantitative estimate of drug-likeness (QED) is 0.825. The molecular weight excluding hydrogens is 351 g/mol. The van der Waals surface area contributed by atoms with Crippen LogP contribution in [0.5, 0.6) is 5.75 Å². The average Bonchev–Trinajstić information content (AvgIpc) is 2.40. The van der Waals surface area contributed by atoms with Gasteiger partial charge in [-0.2, -0.15) is 5.06 Å². The van der Waals surface area contributed by atoms with Gasteiger partial charge in [0.15, 0.2) is 0 Å². The zero-order valence-corrected chi connectivity index (χ0v) is 16.1. The van der Waals surface area contributed by atoms with Gasteiger partial charge >= 0.3 is 0 Å². The Morgan fingerprint density at radius 2 is 1.75 bits per heavy atom. The first-order valence-electron chi connectivity index (χ1n) is 7.99. The standard InChI is InChI=1S/C17H26Cl2N2O3/c1-16(2)10-20(23)11-17(3,4)21(16)8-13(22)9-24-15-6-5-12(18)7-14(15)19/h5-7,13,22-23H,8-11H2,1-4H3. The molecule has 1 aliphatic heterocycles. The van der Waals surface area contributed by atoms with Crippen LogP contribution in [0.15, 0.2) is 18.2 Å². The minimum absolute atomic E-state index is 0.132. The summed E-state index contributed by atoms with van der Waals surface area (Å²) in [5.41, 5.74) is -0.537. The van der Waals surface area contributed by atoms with E-state index in [2.05, 4.69) is 32.6 Å². The highest BCUT2D eigenvalue weighted by atomic mass is 35.5. The van der Waals surface area contributed by atoms with E-state index in [1.165, 1.54) is 5.06 Å². The summed E-state index contributed by atoms with van der Waals surface area (Å²) in [7, 11) is 0. The molecule has 0 aromatic heterocycles. The predicted molar refractivity (Wildman–Crippen MR) is 96.2 cm³/mol. The molecule has 1 aromatic carbocycles. The van der Waals surface area contributed by atoms with Crippen molar-refractivity contribution in [2.45, 2.75) is 44.9 Å². The number of aliphatic hydroxyl groups is 1. The Labute approximate surface area is 153 Å². The van der Waals surface area contributed by atoms with Crippen LogP contribution in [0.25, 0.3) is 0 Å². The molecular formula is C17H26Cl2N2O3. The molecule has 1 atom stereocenters. The Kier molecular flexibility index (Phi) is 6.06. The number of β-amino-alcohol motifs (C(OH)–C–C–N with tert-alkyl or cyclic N) is 1. The number of hydrogen-bond donors (Lipinski definition) is 2. The largest absolute Gasteiger partial charge is 0.489 e. The van der Waals surface area contributed by atoms with Gasteiger partial charge in [0, 0.05) is 35.7 Å². The first-order chi connectivity index (χ1) is 11.0. The molecule has 2 N–H and O–H groups in total. The van der Waals surface area contributed by atoms with E-state index in [0.717, 1.165) is 0 Å². The summed E-state index contributed by atoms with van der Waals surface area (Å²) in [6, 6.07) is 5.00. The minimum Gasteiger partial charge on any atom is -0.489 e. The summed E-state index contributed by atoms with van der Waals surface area (Å²) in [5, 5.41) is 22.7. The van der Waals surface area contributed by atoms with E-state index < -0.39 is 6.10 Å². The van der Waals surface area contributed by atoms with E-state index in [9.17, 15) is 10.3 Å². The second kappa shape index (κ2) is 7.36. The lowest BCUT2D eigenvalue weighted by atomic mass is 9.88. The molecule has 7 heteroatoms. The maximum atomic E-state index is 10.4. The number of hydrogen-bond acceptors (Lipinski definition) is 5. The van der Waals surface area contributed by atoms with Gasteiger partial charge in [0.1, 0.15) is 18.5 Å². The Hall–Kier alpha value is -0.560. The molecule has 0 amide bonds. The van der Waals surface area contributed by atoms with Crippen molar-refractivity contribution < 1.29 is 15.1 Å². The van der Waals surface area contributed by atoms with Crippen molar-refractivity contribution in [1.29, 1.82) is 0 Å². The lowest BCUT2D eigenvalue weighted by Gasteiger charge is -2.55. The molecule has 1 saturated heterocycles. The van der Waals surface area contributed by atoms with E-state index in [-0.39, 0.29) is 17.7 Å². The summed E-state index contributed by atoms with van der Waals surface area (Å²) < 4.78 is 5.63. The Morgan fingerprint density at radius 1 is 1.17 bits per heavy atom. The molecule has 1 aliphatic rings. The summed E-state index contributed by atoms with van der Waals surface area (Å²) in [6.45, 7) is 9.84. The third-order valence-electron chi connectivity index (χ3n) is 4.32. The summed E-state index contributed by atoms with van der Waals surface area (Å²) in [4.78, 5) is 2.21. The fourth-order valence-corrected chi connectivity index (χ4v) is 3.94. The number of aliphatic hydroxyl groups excluding tert-OH is 1. The first-order valence-corrected chi connectivity index (χ1v) is 8.74. The normalized spacial score (nSPS) is 22.3. The Balaban J connectivity index is 1.99. The van der Waals surface area contributed by atoms with Gasteiger partial charge in [0.25, 0.3) is 0 Å². The Bertz CT molecular complexity index is 563. The molecule has 1 fully saturated rings. The molecule has 24 heavy (non-hydrogen) atoms. The van der Waals surface area contributed by atoms with E-state index in [1.54, 1.807) is 18.2 Å². The number of halogens is 2. The third kappa shape index (κ3) is 4.75. The number of hydroxylamine groups is 2. The number of rotatable bonds is 5. The monoisotopic (exact) mass is 376 g/mol. The smallest absolute Gasteiger partial charge is 0.138 e. The van der Waals surface area contributed by atoms with Crippen LogP contribution in [0.2, 0.25) is 10.0 Å². The molecule has 5 nitrogen and oxygen atoms in total. The van der Waals surface area contributed by atoms with Crippen molar-refractivity contribution in [1.82, 2.24) is 9.96 Å². The van der Waals surface area contributed by atoms with Crippen molar-refractivity contribution in [3.8, 4) is 5.75 Å². The highest BCUT2D eigenvalue weighted by molar-refractivity contribution is 6.35. The average molecular weight is 377 g/mol. The van der Waals surface area contributed by atoms with Crippen molar-refractivity contribution in [3.63, 3.8) is 0 Å². The zero-order valence-electron chi connectivity index (χ0n) is 14.6. The van der Waals surface area contributed by atoms with Gasteiger partial charge in [-0.1, -0.05) is 23.2 Å². The van der Waals surface area contributed by atoms with E-state index in [1.807, 2.05) is 0 Å². The molecule has 2 rings (SSSR count). The van der Waals surface area contributed by atoms with Gasteiger partial charge < -0.3 is 15.1 Å². The number of piperazine rings is 1. The lowest BCUT2D eigenvalue weighted by molar-refractivity contribution is -0.198. The summed E-state index contributed by atoms with van der Waals surface area (Å²) >= 11 is 11.9. The molecule has 0 radical (unpaired) electrons. The highest BCUT2D eigenvalue weighted by Gasteiger charge is 2.44. The van der Waals surface area contributed by atoms with Crippen LogP contribution >= 0.6 is 23.2 Å². The summed E-state index contributed by atoms with van der Waals surface area (Å²) in [5.74, 6) is 0.499. The Morgan fingerprint density at radius 3 is 2.29 bits per heavy atom. The van der Waals surface area contributed by atoms with E-state index >= 15 is 0 Å². The SMILES string of the molecule is CC1(C)CN(O)CC(C)(C)N1CC(O)COc1ccc(Cl)cc1Cl.